The van der Waals surface area contributed by atoms with Crippen molar-refractivity contribution in [1.82, 2.24) is 10.6 Å². The number of carbonyl (C=O) groups is 3. The van der Waals surface area contributed by atoms with Gasteiger partial charge < -0.3 is 20.5 Å². The predicted molar refractivity (Wildman–Crippen MR) is 71.1 cm³/mol. The third kappa shape index (κ3) is 6.01. The van der Waals surface area contributed by atoms with Crippen molar-refractivity contribution in [1.29, 1.82) is 0 Å². The number of ether oxygens (including phenoxy) is 1. The average molecular weight is 286 g/mol. The minimum Gasteiger partial charge on any atom is -0.480 e. The molecule has 1 heterocycles. The highest BCUT2D eigenvalue weighted by molar-refractivity contribution is 5.87. The van der Waals surface area contributed by atoms with Gasteiger partial charge in [0.05, 0.1) is 13.5 Å². The van der Waals surface area contributed by atoms with Crippen LogP contribution in [0.25, 0.3) is 0 Å². The normalized spacial score (nSPS) is 19.9. The summed E-state index contributed by atoms with van der Waals surface area (Å²) in [7, 11) is 1.18. The predicted octanol–water partition coefficient (Wildman–Crippen LogP) is 0.0412. The summed E-state index contributed by atoms with van der Waals surface area (Å²) in [6, 6.07) is -0.910. The molecular formula is C13H22N2O5. The van der Waals surface area contributed by atoms with Gasteiger partial charge in [-0.15, -0.1) is 0 Å². The Hall–Kier alpha value is -1.63. The maximum atomic E-state index is 11.7. The molecule has 1 amide bonds. The van der Waals surface area contributed by atoms with E-state index in [1.54, 1.807) is 0 Å². The van der Waals surface area contributed by atoms with Crippen molar-refractivity contribution >= 4 is 17.8 Å². The molecule has 0 saturated carbocycles. The Bertz CT molecular complexity index is 353. The summed E-state index contributed by atoms with van der Waals surface area (Å²) in [4.78, 5) is 33.7. The molecule has 2 atom stereocenters. The lowest BCUT2D eigenvalue weighted by atomic mass is 10.0. The zero-order valence-corrected chi connectivity index (χ0v) is 11.7. The monoisotopic (exact) mass is 286 g/mol. The van der Waals surface area contributed by atoms with Gasteiger partial charge in [-0.1, -0.05) is 6.42 Å². The van der Waals surface area contributed by atoms with E-state index >= 15 is 0 Å². The number of hydrogen-bond acceptors (Lipinski definition) is 5. The fourth-order valence-corrected chi connectivity index (χ4v) is 2.19. The second-order valence-electron chi connectivity index (χ2n) is 4.92. The molecule has 114 valence electrons. The molecule has 1 saturated heterocycles. The number of carbonyl (C=O) groups excluding carboxylic acids is 2. The van der Waals surface area contributed by atoms with Gasteiger partial charge in [-0.25, -0.2) is 4.79 Å². The Labute approximate surface area is 118 Å². The van der Waals surface area contributed by atoms with Crippen molar-refractivity contribution in [3.05, 3.63) is 0 Å². The standard InChI is InChI=1S/C13H22N2O5/c1-20-12(17)8-10(13(18)19)15-11(16)6-5-9-4-2-3-7-14-9/h9-10,14H,2-8H2,1H3,(H,15,16)(H,18,19)/t9?,10-/m0/s1. The van der Waals surface area contributed by atoms with Gasteiger partial charge in [0.2, 0.25) is 5.91 Å². The Balaban J connectivity index is 2.33. The number of nitrogens with one attached hydrogen (secondary N) is 2. The quantitative estimate of drug-likeness (QED) is 0.571. The first-order valence-electron chi connectivity index (χ1n) is 6.85. The number of esters is 1. The summed E-state index contributed by atoms with van der Waals surface area (Å²) in [5, 5.41) is 14.6. The number of amides is 1. The van der Waals surface area contributed by atoms with Gasteiger partial charge in [0.15, 0.2) is 0 Å². The van der Waals surface area contributed by atoms with Crippen LogP contribution in [0.5, 0.6) is 0 Å². The van der Waals surface area contributed by atoms with Gasteiger partial charge in [0.25, 0.3) is 0 Å². The molecule has 1 aliphatic rings. The lowest BCUT2D eigenvalue weighted by Crippen LogP contribution is -2.43. The number of carboxylic acid groups (broad SMARTS) is 1. The third-order valence-electron chi connectivity index (χ3n) is 3.36. The zero-order chi connectivity index (χ0) is 15.0. The first kappa shape index (κ1) is 16.4. The van der Waals surface area contributed by atoms with Crippen molar-refractivity contribution in [3.63, 3.8) is 0 Å². The summed E-state index contributed by atoms with van der Waals surface area (Å²) in [6.07, 6.45) is 3.92. The van der Waals surface area contributed by atoms with Crippen molar-refractivity contribution in [3.8, 4) is 0 Å². The fraction of sp³-hybridized carbons (Fsp3) is 0.769. The van der Waals surface area contributed by atoms with Gasteiger partial charge >= 0.3 is 11.9 Å². The Morgan fingerprint density at radius 3 is 2.70 bits per heavy atom. The number of carboxylic acids is 1. The van der Waals surface area contributed by atoms with Crippen LogP contribution in [0.3, 0.4) is 0 Å². The largest absolute Gasteiger partial charge is 0.480 e. The van der Waals surface area contributed by atoms with Crippen molar-refractivity contribution < 1.29 is 24.2 Å². The number of methoxy groups -OCH3 is 1. The second-order valence-corrected chi connectivity index (χ2v) is 4.92. The maximum absolute atomic E-state index is 11.7. The summed E-state index contributed by atoms with van der Waals surface area (Å²) >= 11 is 0. The molecule has 1 fully saturated rings. The van der Waals surface area contributed by atoms with E-state index < -0.39 is 18.0 Å². The van der Waals surface area contributed by atoms with Gasteiger partial charge in [-0.05, 0) is 25.8 Å². The van der Waals surface area contributed by atoms with E-state index in [1.165, 1.54) is 7.11 Å². The first-order valence-corrected chi connectivity index (χ1v) is 6.85. The third-order valence-corrected chi connectivity index (χ3v) is 3.36. The minimum atomic E-state index is -1.24. The molecule has 1 unspecified atom stereocenters. The molecule has 0 radical (unpaired) electrons. The van der Waals surface area contributed by atoms with Gasteiger partial charge in [0.1, 0.15) is 6.04 Å². The van der Waals surface area contributed by atoms with E-state index in [4.69, 9.17) is 5.11 Å². The van der Waals surface area contributed by atoms with Crippen LogP contribution < -0.4 is 10.6 Å². The van der Waals surface area contributed by atoms with Crippen LogP contribution in [0.15, 0.2) is 0 Å². The summed E-state index contributed by atoms with van der Waals surface area (Å²) in [5.74, 6) is -2.25. The van der Waals surface area contributed by atoms with Crippen molar-refractivity contribution in [2.75, 3.05) is 13.7 Å². The Morgan fingerprint density at radius 2 is 2.15 bits per heavy atom. The highest BCUT2D eigenvalue weighted by Gasteiger charge is 2.24. The van der Waals surface area contributed by atoms with E-state index in [0.29, 0.717) is 12.5 Å². The molecule has 0 aromatic heterocycles. The molecule has 0 aromatic rings. The van der Waals surface area contributed by atoms with E-state index in [-0.39, 0.29) is 18.7 Å². The molecule has 0 bridgehead atoms. The molecule has 0 spiro atoms. The van der Waals surface area contributed by atoms with E-state index in [1.807, 2.05) is 0 Å². The summed E-state index contributed by atoms with van der Waals surface area (Å²) < 4.78 is 4.40. The highest BCUT2D eigenvalue weighted by Crippen LogP contribution is 2.11. The van der Waals surface area contributed by atoms with E-state index in [0.717, 1.165) is 25.8 Å². The number of hydrogen-bond donors (Lipinski definition) is 3. The number of aliphatic carboxylic acids is 1. The number of rotatable bonds is 7. The molecule has 1 aliphatic heterocycles. The molecule has 0 aliphatic carbocycles. The lowest BCUT2D eigenvalue weighted by molar-refractivity contribution is -0.148. The van der Waals surface area contributed by atoms with Crippen LogP contribution in [0.1, 0.15) is 38.5 Å². The smallest absolute Gasteiger partial charge is 0.326 e. The Morgan fingerprint density at radius 1 is 1.40 bits per heavy atom. The SMILES string of the molecule is COC(=O)C[C@H](NC(=O)CCC1CCCCN1)C(=O)O. The maximum Gasteiger partial charge on any atom is 0.326 e. The zero-order valence-electron chi connectivity index (χ0n) is 11.7. The molecule has 1 rings (SSSR count). The molecular weight excluding hydrogens is 264 g/mol. The molecule has 7 heteroatoms. The van der Waals surface area contributed by atoms with Gasteiger partial charge in [-0.3, -0.25) is 9.59 Å². The highest BCUT2D eigenvalue weighted by atomic mass is 16.5. The van der Waals surface area contributed by atoms with E-state index in [9.17, 15) is 14.4 Å². The van der Waals surface area contributed by atoms with Crippen molar-refractivity contribution in [2.45, 2.75) is 50.6 Å². The topological polar surface area (TPSA) is 105 Å². The number of piperidine rings is 1. The second kappa shape index (κ2) is 8.52. The van der Waals surface area contributed by atoms with Crippen LogP contribution in [0.2, 0.25) is 0 Å². The molecule has 7 nitrogen and oxygen atoms in total. The minimum absolute atomic E-state index is 0.253. The van der Waals surface area contributed by atoms with Crippen LogP contribution in [0, 0.1) is 0 Å². The molecule has 0 aromatic carbocycles. The van der Waals surface area contributed by atoms with Gasteiger partial charge in [0, 0.05) is 12.5 Å². The van der Waals surface area contributed by atoms with Crippen LogP contribution >= 0.6 is 0 Å². The molecule has 20 heavy (non-hydrogen) atoms. The van der Waals surface area contributed by atoms with Crippen LogP contribution in [-0.2, 0) is 19.1 Å². The average Bonchev–Trinajstić information content (AvgIpc) is 2.45. The summed E-state index contributed by atoms with van der Waals surface area (Å²) in [6.45, 7) is 0.965. The van der Waals surface area contributed by atoms with E-state index in [2.05, 4.69) is 15.4 Å². The van der Waals surface area contributed by atoms with Gasteiger partial charge in [-0.2, -0.15) is 0 Å². The van der Waals surface area contributed by atoms with Crippen molar-refractivity contribution in [2.24, 2.45) is 0 Å². The van der Waals surface area contributed by atoms with Crippen LogP contribution in [-0.4, -0.2) is 48.7 Å². The Kier molecular flexibility index (Phi) is 7.00. The molecule has 3 N–H and O–H groups in total. The fourth-order valence-electron chi connectivity index (χ4n) is 2.19. The first-order chi connectivity index (χ1) is 9.52. The summed E-state index contributed by atoms with van der Waals surface area (Å²) in [5.41, 5.74) is 0. The lowest BCUT2D eigenvalue weighted by Gasteiger charge is -2.23. The van der Waals surface area contributed by atoms with Crippen LogP contribution in [0.4, 0.5) is 0 Å².